The van der Waals surface area contributed by atoms with E-state index >= 15 is 0 Å². The van der Waals surface area contributed by atoms with Crippen LogP contribution in [0, 0.1) is 5.92 Å². The summed E-state index contributed by atoms with van der Waals surface area (Å²) in [7, 11) is 1.75. The van der Waals surface area contributed by atoms with Gasteiger partial charge in [0.05, 0.1) is 0 Å². The van der Waals surface area contributed by atoms with E-state index in [4.69, 9.17) is 0 Å². The van der Waals surface area contributed by atoms with Crippen molar-refractivity contribution in [3.05, 3.63) is 0 Å². The van der Waals surface area contributed by atoms with Gasteiger partial charge in [-0.25, -0.2) is 0 Å². The molecule has 1 nitrogen and oxygen atoms in total. The molecule has 0 bridgehead atoms. The standard InChI is InChI=1S/C9H16F3N/c1-13-8(7-3-2-4-7)5-6-9(10,11)12/h7-8,13H,2-6H2,1H3. The van der Waals surface area contributed by atoms with Gasteiger partial charge in [-0.15, -0.1) is 0 Å². The summed E-state index contributed by atoms with van der Waals surface area (Å²) in [6, 6.07) is 0.0652. The van der Waals surface area contributed by atoms with Gasteiger partial charge in [0.1, 0.15) is 0 Å². The third-order valence-corrected chi connectivity index (χ3v) is 2.83. The lowest BCUT2D eigenvalue weighted by atomic mass is 9.78. The molecule has 78 valence electrons. The molecule has 0 aromatic carbocycles. The van der Waals surface area contributed by atoms with Crippen LogP contribution in [0.25, 0.3) is 0 Å². The first-order chi connectivity index (χ1) is 6.03. The second kappa shape index (κ2) is 4.31. The van der Waals surface area contributed by atoms with E-state index in [0.29, 0.717) is 5.92 Å². The molecule has 0 radical (unpaired) electrons. The second-order valence-electron chi connectivity index (χ2n) is 3.74. The van der Waals surface area contributed by atoms with Crippen molar-refractivity contribution in [2.24, 2.45) is 5.92 Å². The second-order valence-corrected chi connectivity index (χ2v) is 3.74. The van der Waals surface area contributed by atoms with Gasteiger partial charge in [0.25, 0.3) is 0 Å². The Morgan fingerprint density at radius 1 is 1.38 bits per heavy atom. The lowest BCUT2D eigenvalue weighted by Gasteiger charge is -2.33. The van der Waals surface area contributed by atoms with Crippen LogP contribution in [-0.4, -0.2) is 19.3 Å². The van der Waals surface area contributed by atoms with E-state index in [0.717, 1.165) is 12.8 Å². The smallest absolute Gasteiger partial charge is 0.317 e. The van der Waals surface area contributed by atoms with E-state index in [1.807, 2.05) is 0 Å². The molecule has 1 atom stereocenters. The molecular weight excluding hydrogens is 179 g/mol. The van der Waals surface area contributed by atoms with Crippen molar-refractivity contribution in [3.63, 3.8) is 0 Å². The Hall–Kier alpha value is -0.250. The lowest BCUT2D eigenvalue weighted by molar-refractivity contribution is -0.137. The molecule has 1 rings (SSSR count). The highest BCUT2D eigenvalue weighted by Crippen LogP contribution is 2.33. The van der Waals surface area contributed by atoms with Crippen molar-refractivity contribution >= 4 is 0 Å². The number of rotatable bonds is 4. The largest absolute Gasteiger partial charge is 0.389 e. The molecule has 0 saturated heterocycles. The normalized spacial score (nSPS) is 21.2. The average Bonchev–Trinajstić information content (AvgIpc) is 1.91. The van der Waals surface area contributed by atoms with Gasteiger partial charge < -0.3 is 5.32 Å². The number of alkyl halides is 3. The zero-order valence-electron chi connectivity index (χ0n) is 7.82. The number of nitrogens with one attached hydrogen (secondary N) is 1. The van der Waals surface area contributed by atoms with Crippen LogP contribution in [0.1, 0.15) is 32.1 Å². The highest BCUT2D eigenvalue weighted by atomic mass is 19.4. The molecule has 0 spiro atoms. The van der Waals surface area contributed by atoms with Crippen molar-refractivity contribution in [2.45, 2.75) is 44.3 Å². The first-order valence-corrected chi connectivity index (χ1v) is 4.77. The molecule has 0 amide bonds. The van der Waals surface area contributed by atoms with E-state index < -0.39 is 12.6 Å². The van der Waals surface area contributed by atoms with Gasteiger partial charge in [0, 0.05) is 12.5 Å². The molecule has 0 aliphatic heterocycles. The zero-order valence-corrected chi connectivity index (χ0v) is 7.82. The maximum atomic E-state index is 11.9. The van der Waals surface area contributed by atoms with Crippen molar-refractivity contribution in [2.75, 3.05) is 7.05 Å². The molecule has 1 unspecified atom stereocenters. The molecule has 0 aromatic heterocycles. The summed E-state index contributed by atoms with van der Waals surface area (Å²) in [5.74, 6) is 0.479. The van der Waals surface area contributed by atoms with Crippen molar-refractivity contribution in [1.29, 1.82) is 0 Å². The van der Waals surface area contributed by atoms with Crippen LogP contribution >= 0.6 is 0 Å². The molecule has 13 heavy (non-hydrogen) atoms. The number of hydrogen-bond acceptors (Lipinski definition) is 1. The topological polar surface area (TPSA) is 12.0 Å². The minimum Gasteiger partial charge on any atom is -0.317 e. The third-order valence-electron chi connectivity index (χ3n) is 2.83. The van der Waals surface area contributed by atoms with Gasteiger partial charge in [0.2, 0.25) is 0 Å². The zero-order chi connectivity index (χ0) is 9.90. The van der Waals surface area contributed by atoms with Gasteiger partial charge in [0.15, 0.2) is 0 Å². The SMILES string of the molecule is CNC(CCC(F)(F)F)C1CCC1. The number of halogens is 3. The lowest BCUT2D eigenvalue weighted by Crippen LogP contribution is -2.38. The van der Waals surface area contributed by atoms with Gasteiger partial charge in [-0.1, -0.05) is 6.42 Å². The highest BCUT2D eigenvalue weighted by molar-refractivity contribution is 4.82. The summed E-state index contributed by atoms with van der Waals surface area (Å²) in [6.45, 7) is 0. The minimum atomic E-state index is -4.00. The summed E-state index contributed by atoms with van der Waals surface area (Å²) < 4.78 is 35.7. The Kier molecular flexibility index (Phi) is 3.59. The van der Waals surface area contributed by atoms with Crippen LogP contribution in [0.2, 0.25) is 0 Å². The van der Waals surface area contributed by atoms with Crippen LogP contribution in [0.3, 0.4) is 0 Å². The van der Waals surface area contributed by atoms with E-state index in [1.54, 1.807) is 7.05 Å². The minimum absolute atomic E-state index is 0.0652. The van der Waals surface area contributed by atoms with Crippen molar-refractivity contribution in [3.8, 4) is 0 Å². The fourth-order valence-electron chi connectivity index (χ4n) is 1.78. The van der Waals surface area contributed by atoms with E-state index in [1.165, 1.54) is 6.42 Å². The van der Waals surface area contributed by atoms with Crippen LogP contribution in [-0.2, 0) is 0 Å². The van der Waals surface area contributed by atoms with Crippen LogP contribution < -0.4 is 5.32 Å². The Morgan fingerprint density at radius 2 is 2.00 bits per heavy atom. The Morgan fingerprint density at radius 3 is 2.31 bits per heavy atom. The van der Waals surface area contributed by atoms with Gasteiger partial charge in [-0.3, -0.25) is 0 Å². The predicted molar refractivity (Wildman–Crippen MR) is 45.5 cm³/mol. The van der Waals surface area contributed by atoms with Crippen molar-refractivity contribution < 1.29 is 13.2 Å². The van der Waals surface area contributed by atoms with E-state index in [2.05, 4.69) is 5.32 Å². The predicted octanol–water partition coefficient (Wildman–Crippen LogP) is 2.72. The fraction of sp³-hybridized carbons (Fsp3) is 1.00. The van der Waals surface area contributed by atoms with Crippen LogP contribution in [0.5, 0.6) is 0 Å². The maximum absolute atomic E-state index is 11.9. The Bertz CT molecular complexity index is 151. The molecule has 1 aliphatic rings. The molecule has 1 fully saturated rings. The molecule has 1 saturated carbocycles. The highest BCUT2D eigenvalue weighted by Gasteiger charge is 2.32. The maximum Gasteiger partial charge on any atom is 0.389 e. The van der Waals surface area contributed by atoms with Gasteiger partial charge in [-0.05, 0) is 32.2 Å². The van der Waals surface area contributed by atoms with Gasteiger partial charge >= 0.3 is 6.18 Å². The van der Waals surface area contributed by atoms with Crippen LogP contribution in [0.4, 0.5) is 13.2 Å². The molecular formula is C9H16F3N. The summed E-state index contributed by atoms with van der Waals surface area (Å²) in [5.41, 5.74) is 0. The summed E-state index contributed by atoms with van der Waals surface area (Å²) in [6.07, 6.45) is -1.08. The molecule has 0 aromatic rings. The Balaban J connectivity index is 2.23. The monoisotopic (exact) mass is 195 g/mol. The molecule has 4 heteroatoms. The summed E-state index contributed by atoms with van der Waals surface area (Å²) in [4.78, 5) is 0. The summed E-state index contributed by atoms with van der Waals surface area (Å²) >= 11 is 0. The third kappa shape index (κ3) is 3.55. The quantitative estimate of drug-likeness (QED) is 0.727. The average molecular weight is 195 g/mol. The summed E-state index contributed by atoms with van der Waals surface area (Å²) in [5, 5.41) is 2.98. The van der Waals surface area contributed by atoms with Crippen LogP contribution in [0.15, 0.2) is 0 Å². The Labute approximate surface area is 76.7 Å². The van der Waals surface area contributed by atoms with Gasteiger partial charge in [-0.2, -0.15) is 13.2 Å². The first kappa shape index (κ1) is 10.8. The van der Waals surface area contributed by atoms with E-state index in [-0.39, 0.29) is 12.5 Å². The molecule has 1 aliphatic carbocycles. The molecule has 0 heterocycles. The number of hydrogen-bond donors (Lipinski definition) is 1. The van der Waals surface area contributed by atoms with E-state index in [9.17, 15) is 13.2 Å². The molecule has 1 N–H and O–H groups in total. The fourth-order valence-corrected chi connectivity index (χ4v) is 1.78. The first-order valence-electron chi connectivity index (χ1n) is 4.77. The van der Waals surface area contributed by atoms with Crippen molar-refractivity contribution in [1.82, 2.24) is 5.32 Å².